The maximum atomic E-state index is 13.8. The maximum Gasteiger partial charge on any atom is 0.229 e. The largest absolute Gasteiger partial charge is 0.416 e. The van der Waals surface area contributed by atoms with Gasteiger partial charge in [0.15, 0.2) is 14.1 Å². The molecule has 0 aliphatic carbocycles. The zero-order valence-corrected chi connectivity index (χ0v) is 26.4. The molecule has 1 N–H and O–H groups in total. The van der Waals surface area contributed by atoms with Crippen molar-refractivity contribution in [3.63, 3.8) is 0 Å². The molecule has 4 heterocycles. The standard InChI is InChI=1S/C31H36ClN5O4Si/c1-30(2,3)42(4,5)41-19-31(17-40-18-31)16-37-15-25(24-14-33-20-35-29(24)37)28(39)22-10-11-34-26(13-22)36-27(38)12-21-6-8-23(32)9-7-21/h6-11,13-15,20H,12,16-19H2,1-5H3,(H,34,36,38). The van der Waals surface area contributed by atoms with Crippen molar-refractivity contribution in [3.8, 4) is 0 Å². The molecular weight excluding hydrogens is 570 g/mol. The van der Waals surface area contributed by atoms with Crippen molar-refractivity contribution < 1.29 is 18.8 Å². The summed E-state index contributed by atoms with van der Waals surface area (Å²) in [5.41, 5.74) is 2.18. The molecule has 3 aromatic heterocycles. The Bertz CT molecular complexity index is 1610. The van der Waals surface area contributed by atoms with E-state index in [9.17, 15) is 9.59 Å². The number of nitrogens with one attached hydrogen (secondary N) is 1. The fourth-order valence-electron chi connectivity index (χ4n) is 4.62. The highest BCUT2D eigenvalue weighted by atomic mass is 35.5. The topological polar surface area (TPSA) is 108 Å². The molecule has 1 aromatic carbocycles. The minimum atomic E-state index is -1.95. The van der Waals surface area contributed by atoms with Crippen LogP contribution in [0.3, 0.4) is 0 Å². The molecular formula is C31H36ClN5O4Si. The number of fused-ring (bicyclic) bond motifs is 1. The molecule has 1 amide bonds. The Morgan fingerprint density at radius 1 is 1.14 bits per heavy atom. The number of pyridine rings is 1. The maximum absolute atomic E-state index is 13.8. The average Bonchev–Trinajstić information content (AvgIpc) is 3.28. The molecule has 1 saturated heterocycles. The second kappa shape index (κ2) is 11.7. The molecule has 11 heteroatoms. The van der Waals surface area contributed by atoms with Crippen molar-refractivity contribution in [1.29, 1.82) is 0 Å². The summed E-state index contributed by atoms with van der Waals surface area (Å²) >= 11 is 5.94. The predicted octanol–water partition coefficient (Wildman–Crippen LogP) is 5.93. The number of carbonyl (C=O) groups is 2. The highest BCUT2D eigenvalue weighted by molar-refractivity contribution is 6.74. The molecule has 1 aliphatic heterocycles. The lowest BCUT2D eigenvalue weighted by atomic mass is 9.87. The van der Waals surface area contributed by atoms with Gasteiger partial charge in [0, 0.05) is 47.7 Å². The Balaban J connectivity index is 1.35. The molecule has 0 radical (unpaired) electrons. The van der Waals surface area contributed by atoms with Crippen LogP contribution < -0.4 is 5.32 Å². The minimum Gasteiger partial charge on any atom is -0.416 e. The Morgan fingerprint density at radius 3 is 2.55 bits per heavy atom. The van der Waals surface area contributed by atoms with Crippen LogP contribution in [0.2, 0.25) is 23.2 Å². The lowest BCUT2D eigenvalue weighted by Crippen LogP contribution is -2.53. The molecule has 1 aliphatic rings. The predicted molar refractivity (Wildman–Crippen MR) is 165 cm³/mol. The summed E-state index contributed by atoms with van der Waals surface area (Å²) in [6.07, 6.45) is 6.67. The summed E-state index contributed by atoms with van der Waals surface area (Å²) < 4.78 is 14.3. The summed E-state index contributed by atoms with van der Waals surface area (Å²) in [5.74, 6) is -0.152. The number of anilines is 1. The molecule has 9 nitrogen and oxygen atoms in total. The van der Waals surface area contributed by atoms with E-state index in [1.54, 1.807) is 42.6 Å². The van der Waals surface area contributed by atoms with Crippen molar-refractivity contribution in [2.45, 2.75) is 51.9 Å². The van der Waals surface area contributed by atoms with Gasteiger partial charge in [0.05, 0.1) is 30.6 Å². The first-order valence-electron chi connectivity index (χ1n) is 13.9. The molecule has 0 bridgehead atoms. The fourth-order valence-corrected chi connectivity index (χ4v) is 5.85. The first-order chi connectivity index (χ1) is 19.9. The van der Waals surface area contributed by atoms with Crippen molar-refractivity contribution in [2.75, 3.05) is 25.1 Å². The Hall–Kier alpha value is -3.44. The molecule has 0 saturated carbocycles. The third-order valence-electron chi connectivity index (χ3n) is 8.22. The molecule has 0 atom stereocenters. The molecule has 5 rings (SSSR count). The number of ketones is 1. The van der Waals surface area contributed by atoms with Gasteiger partial charge in [-0.2, -0.15) is 0 Å². The zero-order chi connectivity index (χ0) is 30.1. The number of nitrogens with zero attached hydrogens (tertiary/aromatic N) is 4. The van der Waals surface area contributed by atoms with E-state index in [1.165, 1.54) is 12.5 Å². The van der Waals surface area contributed by atoms with Gasteiger partial charge in [0.1, 0.15) is 17.8 Å². The Kier molecular flexibility index (Phi) is 8.35. The summed E-state index contributed by atoms with van der Waals surface area (Å²) in [5, 5.41) is 4.16. The SMILES string of the molecule is CC(C)(C)[Si](C)(C)OCC1(Cn2cc(C(=O)c3ccnc(NC(=O)Cc4ccc(Cl)cc4)c3)c3cncnc32)COC1. The summed E-state index contributed by atoms with van der Waals surface area (Å²) in [7, 11) is -1.95. The van der Waals surface area contributed by atoms with Gasteiger partial charge in [0.2, 0.25) is 5.91 Å². The number of rotatable bonds is 10. The Morgan fingerprint density at radius 2 is 1.88 bits per heavy atom. The fraction of sp³-hybridized carbons (Fsp3) is 0.387. The summed E-state index contributed by atoms with van der Waals surface area (Å²) in [6.45, 7) is 13.5. The Labute approximate surface area is 251 Å². The van der Waals surface area contributed by atoms with Gasteiger partial charge >= 0.3 is 0 Å². The zero-order valence-electron chi connectivity index (χ0n) is 24.6. The number of amides is 1. The third-order valence-corrected chi connectivity index (χ3v) is 12.9. The normalized spacial score (nSPS) is 14.9. The lowest BCUT2D eigenvalue weighted by molar-refractivity contribution is -0.141. The van der Waals surface area contributed by atoms with Crippen LogP contribution in [0.5, 0.6) is 0 Å². The van der Waals surface area contributed by atoms with Gasteiger partial charge in [-0.05, 0) is 48.0 Å². The number of benzene rings is 1. The van der Waals surface area contributed by atoms with Crippen LogP contribution in [0.1, 0.15) is 42.3 Å². The van der Waals surface area contributed by atoms with E-state index in [0.717, 1.165) is 5.56 Å². The quantitative estimate of drug-likeness (QED) is 0.176. The van der Waals surface area contributed by atoms with Gasteiger partial charge < -0.3 is 19.0 Å². The third kappa shape index (κ3) is 6.46. The van der Waals surface area contributed by atoms with Gasteiger partial charge in [-0.1, -0.05) is 44.5 Å². The van der Waals surface area contributed by atoms with E-state index in [-0.39, 0.29) is 28.6 Å². The van der Waals surface area contributed by atoms with Gasteiger partial charge in [-0.3, -0.25) is 9.59 Å². The van der Waals surface area contributed by atoms with Crippen LogP contribution in [0.4, 0.5) is 5.82 Å². The van der Waals surface area contributed by atoms with Crippen LogP contribution in [-0.2, 0) is 26.9 Å². The van der Waals surface area contributed by atoms with Crippen molar-refractivity contribution in [1.82, 2.24) is 19.5 Å². The smallest absolute Gasteiger partial charge is 0.229 e. The van der Waals surface area contributed by atoms with Crippen molar-refractivity contribution in [2.24, 2.45) is 5.41 Å². The molecule has 42 heavy (non-hydrogen) atoms. The summed E-state index contributed by atoms with van der Waals surface area (Å²) in [4.78, 5) is 39.4. The molecule has 220 valence electrons. The van der Waals surface area contributed by atoms with Gasteiger partial charge in [-0.25, -0.2) is 15.0 Å². The van der Waals surface area contributed by atoms with Crippen LogP contribution in [0.15, 0.2) is 61.3 Å². The van der Waals surface area contributed by atoms with Gasteiger partial charge in [-0.15, -0.1) is 0 Å². The molecule has 0 spiro atoms. The number of hydrogen-bond acceptors (Lipinski definition) is 7. The molecule has 1 fully saturated rings. The van der Waals surface area contributed by atoms with Crippen LogP contribution in [-0.4, -0.2) is 59.3 Å². The van der Waals surface area contributed by atoms with Crippen molar-refractivity contribution in [3.05, 3.63) is 83.0 Å². The highest BCUT2D eigenvalue weighted by Gasteiger charge is 2.44. The van der Waals surface area contributed by atoms with E-state index in [1.807, 2.05) is 10.8 Å². The molecule has 0 unspecified atom stereocenters. The number of aromatic nitrogens is 4. The van der Waals surface area contributed by atoms with E-state index < -0.39 is 8.32 Å². The molecule has 4 aromatic rings. The summed E-state index contributed by atoms with van der Waals surface area (Å²) in [6, 6.07) is 10.3. The average molecular weight is 606 g/mol. The first kappa shape index (κ1) is 30.0. The van der Waals surface area contributed by atoms with E-state index in [0.29, 0.717) is 59.4 Å². The number of carbonyl (C=O) groups excluding carboxylic acids is 2. The highest BCUT2D eigenvalue weighted by Crippen LogP contribution is 2.40. The number of hydrogen-bond donors (Lipinski definition) is 1. The second-order valence-electron chi connectivity index (χ2n) is 12.6. The minimum absolute atomic E-state index is 0.102. The monoisotopic (exact) mass is 605 g/mol. The van der Waals surface area contributed by atoms with E-state index >= 15 is 0 Å². The first-order valence-corrected chi connectivity index (χ1v) is 17.2. The second-order valence-corrected chi connectivity index (χ2v) is 17.8. The van der Waals surface area contributed by atoms with Gasteiger partial charge in [0.25, 0.3) is 0 Å². The number of halogens is 1. The van der Waals surface area contributed by atoms with E-state index in [4.69, 9.17) is 20.8 Å². The lowest BCUT2D eigenvalue weighted by Gasteiger charge is -2.45. The van der Waals surface area contributed by atoms with E-state index in [2.05, 4.69) is 54.1 Å². The van der Waals surface area contributed by atoms with Crippen LogP contribution in [0.25, 0.3) is 11.0 Å². The van der Waals surface area contributed by atoms with Crippen LogP contribution >= 0.6 is 11.6 Å². The van der Waals surface area contributed by atoms with Crippen molar-refractivity contribution >= 4 is 48.5 Å². The van der Waals surface area contributed by atoms with Crippen LogP contribution in [0, 0.1) is 5.41 Å². The number of ether oxygens (including phenoxy) is 1.